The predicted molar refractivity (Wildman–Crippen MR) is 100 cm³/mol. The monoisotopic (exact) mass is 381 g/mol. The second-order valence-electron chi connectivity index (χ2n) is 7.27. The fraction of sp³-hybridized carbons (Fsp3) is 0.250. The maximum absolute atomic E-state index is 11.7. The van der Waals surface area contributed by atoms with Gasteiger partial charge in [0.2, 0.25) is 10.0 Å². The molecule has 2 aromatic carbocycles. The van der Waals surface area contributed by atoms with Crippen LogP contribution in [-0.4, -0.2) is 23.1 Å². The number of sulfonamides is 1. The maximum Gasteiger partial charge on any atom is 0.238 e. The summed E-state index contributed by atoms with van der Waals surface area (Å²) in [5.74, 6) is -0.0789. The van der Waals surface area contributed by atoms with Gasteiger partial charge in [-0.1, -0.05) is 30.3 Å². The van der Waals surface area contributed by atoms with Crippen LogP contribution in [0.25, 0.3) is 11.3 Å². The Morgan fingerprint density at radius 3 is 2.78 bits per heavy atom. The zero-order valence-electron chi connectivity index (χ0n) is 14.5. The fourth-order valence-corrected chi connectivity index (χ4v) is 5.15. The van der Waals surface area contributed by atoms with Crippen LogP contribution in [0.3, 0.4) is 0 Å². The van der Waals surface area contributed by atoms with E-state index in [2.05, 4.69) is 21.7 Å². The molecule has 1 aliphatic heterocycles. The molecule has 0 fully saturated rings. The van der Waals surface area contributed by atoms with Gasteiger partial charge in [-0.15, -0.1) is 0 Å². The summed E-state index contributed by atoms with van der Waals surface area (Å²) in [6.45, 7) is 0. The molecule has 2 aliphatic rings. The van der Waals surface area contributed by atoms with Gasteiger partial charge in [-0.05, 0) is 41.7 Å². The Kier molecular flexibility index (Phi) is 3.56. The van der Waals surface area contributed by atoms with Gasteiger partial charge < -0.3 is 9.67 Å². The number of imidazole rings is 1. The van der Waals surface area contributed by atoms with Crippen molar-refractivity contribution in [3.63, 3.8) is 0 Å². The highest BCUT2D eigenvalue weighted by molar-refractivity contribution is 7.89. The van der Waals surface area contributed by atoms with Crippen molar-refractivity contribution < 1.29 is 13.5 Å². The van der Waals surface area contributed by atoms with Crippen molar-refractivity contribution in [2.24, 2.45) is 11.1 Å². The van der Waals surface area contributed by atoms with Crippen molar-refractivity contribution in [2.75, 3.05) is 0 Å². The van der Waals surface area contributed by atoms with Gasteiger partial charge in [0.15, 0.2) is 0 Å². The molecule has 0 bridgehead atoms. The predicted octanol–water partition coefficient (Wildman–Crippen LogP) is 2.40. The van der Waals surface area contributed by atoms with Crippen molar-refractivity contribution in [3.05, 3.63) is 71.7 Å². The summed E-state index contributed by atoms with van der Waals surface area (Å²) in [7, 11) is -3.81. The lowest BCUT2D eigenvalue weighted by Crippen LogP contribution is -2.29. The average molecular weight is 381 g/mol. The van der Waals surface area contributed by atoms with E-state index in [0.717, 1.165) is 29.7 Å². The van der Waals surface area contributed by atoms with Crippen LogP contribution in [0.1, 0.15) is 35.3 Å². The number of rotatable bonds is 2. The molecule has 7 heteroatoms. The molecule has 0 radical (unpaired) electrons. The van der Waals surface area contributed by atoms with Crippen molar-refractivity contribution in [1.29, 1.82) is 0 Å². The van der Waals surface area contributed by atoms with Crippen LogP contribution in [-0.2, 0) is 16.4 Å². The molecule has 0 saturated heterocycles. The lowest BCUT2D eigenvalue weighted by atomic mass is 9.76. The SMILES string of the molecule is NS(=O)(=O)c1ccc2c(c1)[C@@H](O)[C@H](C1c3ccccc3-c3cncn31)CC2. The molecule has 3 aromatic rings. The smallest absolute Gasteiger partial charge is 0.238 e. The van der Waals surface area contributed by atoms with E-state index in [1.807, 2.05) is 24.7 Å². The van der Waals surface area contributed by atoms with Gasteiger partial charge in [0.25, 0.3) is 0 Å². The molecule has 1 aliphatic carbocycles. The van der Waals surface area contributed by atoms with Crippen LogP contribution < -0.4 is 5.14 Å². The van der Waals surface area contributed by atoms with Gasteiger partial charge in [0, 0.05) is 11.5 Å². The van der Waals surface area contributed by atoms with Gasteiger partial charge in [-0.3, -0.25) is 0 Å². The van der Waals surface area contributed by atoms with Crippen LogP contribution in [0.2, 0.25) is 0 Å². The second kappa shape index (κ2) is 5.76. The number of hydrogen-bond donors (Lipinski definition) is 2. The third-order valence-corrected chi connectivity index (χ3v) is 6.75. The minimum Gasteiger partial charge on any atom is -0.388 e. The zero-order chi connectivity index (χ0) is 18.8. The Balaban J connectivity index is 1.61. The number of aromatic nitrogens is 2. The Morgan fingerprint density at radius 2 is 1.96 bits per heavy atom. The molecule has 0 spiro atoms. The van der Waals surface area contributed by atoms with Crippen LogP contribution >= 0.6 is 0 Å². The number of nitrogens with zero attached hydrogens (tertiary/aromatic N) is 2. The van der Waals surface area contributed by atoms with Crippen molar-refractivity contribution in [3.8, 4) is 11.3 Å². The van der Waals surface area contributed by atoms with E-state index >= 15 is 0 Å². The Hall–Kier alpha value is -2.48. The molecule has 1 aromatic heterocycles. The molecular formula is C20H19N3O3S. The molecule has 138 valence electrons. The quantitative estimate of drug-likeness (QED) is 0.712. The lowest BCUT2D eigenvalue weighted by Gasteiger charge is -2.35. The topological polar surface area (TPSA) is 98.2 Å². The normalized spacial score (nSPS) is 23.6. The van der Waals surface area contributed by atoms with Gasteiger partial charge >= 0.3 is 0 Å². The van der Waals surface area contributed by atoms with Crippen molar-refractivity contribution in [1.82, 2.24) is 9.55 Å². The van der Waals surface area contributed by atoms with Crippen LogP contribution in [0.4, 0.5) is 0 Å². The van der Waals surface area contributed by atoms with Gasteiger partial charge in [0.1, 0.15) is 0 Å². The van der Waals surface area contributed by atoms with Crippen LogP contribution in [0, 0.1) is 5.92 Å². The number of aryl methyl sites for hydroxylation is 1. The molecule has 1 unspecified atom stereocenters. The molecule has 27 heavy (non-hydrogen) atoms. The van der Waals surface area contributed by atoms with E-state index in [9.17, 15) is 13.5 Å². The molecular weight excluding hydrogens is 362 g/mol. The standard InChI is InChI=1S/C20H19N3O3S/c21-27(25,26)13-7-5-12-6-8-16(20(24)17(12)9-13)19-15-4-2-1-3-14(15)18-10-22-11-23(18)19/h1-5,7,9-11,16,19-20,24H,6,8H2,(H2,21,25,26)/t16-,19?,20-/m0/s1. The van der Waals surface area contributed by atoms with E-state index in [4.69, 9.17) is 5.14 Å². The summed E-state index contributed by atoms with van der Waals surface area (Å²) in [6, 6.07) is 13.0. The maximum atomic E-state index is 11.7. The zero-order valence-corrected chi connectivity index (χ0v) is 15.3. The second-order valence-corrected chi connectivity index (χ2v) is 8.83. The minimum atomic E-state index is -3.81. The molecule has 3 N–H and O–H groups in total. The Labute approximate surface area is 157 Å². The fourth-order valence-electron chi connectivity index (χ4n) is 4.60. The lowest BCUT2D eigenvalue weighted by molar-refractivity contribution is 0.0718. The number of primary sulfonamides is 1. The number of nitrogens with two attached hydrogens (primary N) is 1. The highest BCUT2D eigenvalue weighted by Crippen LogP contribution is 2.49. The largest absolute Gasteiger partial charge is 0.388 e. The average Bonchev–Trinajstić information content (AvgIpc) is 3.23. The van der Waals surface area contributed by atoms with E-state index in [1.54, 1.807) is 6.07 Å². The van der Waals surface area contributed by atoms with Gasteiger partial charge in [0.05, 0.1) is 35.3 Å². The Morgan fingerprint density at radius 1 is 1.15 bits per heavy atom. The van der Waals surface area contributed by atoms with E-state index in [1.165, 1.54) is 17.7 Å². The third kappa shape index (κ3) is 2.46. The summed E-state index contributed by atoms with van der Waals surface area (Å²) in [6.07, 6.45) is 4.47. The molecule has 0 amide bonds. The van der Waals surface area contributed by atoms with E-state index in [-0.39, 0.29) is 16.9 Å². The van der Waals surface area contributed by atoms with Crippen molar-refractivity contribution >= 4 is 10.0 Å². The molecule has 5 rings (SSSR count). The Bertz CT molecular complexity index is 1150. The minimum absolute atomic E-state index is 0.0278. The number of fused-ring (bicyclic) bond motifs is 4. The number of aliphatic hydroxyl groups excluding tert-OH is 1. The summed E-state index contributed by atoms with van der Waals surface area (Å²) in [4.78, 5) is 4.33. The van der Waals surface area contributed by atoms with Crippen LogP contribution in [0.5, 0.6) is 0 Å². The van der Waals surface area contributed by atoms with E-state index in [0.29, 0.717) is 5.56 Å². The first kappa shape index (κ1) is 16.7. The summed E-state index contributed by atoms with van der Waals surface area (Å²) in [5, 5.41) is 16.5. The third-order valence-electron chi connectivity index (χ3n) is 5.84. The summed E-state index contributed by atoms with van der Waals surface area (Å²) >= 11 is 0. The highest BCUT2D eigenvalue weighted by atomic mass is 32.2. The number of aliphatic hydroxyl groups is 1. The van der Waals surface area contributed by atoms with E-state index < -0.39 is 16.1 Å². The van der Waals surface area contributed by atoms with Gasteiger partial charge in [-0.25, -0.2) is 18.5 Å². The van der Waals surface area contributed by atoms with Gasteiger partial charge in [-0.2, -0.15) is 0 Å². The first-order chi connectivity index (χ1) is 12.9. The first-order valence-corrected chi connectivity index (χ1v) is 10.4. The molecule has 0 saturated carbocycles. The molecule has 6 nitrogen and oxygen atoms in total. The number of benzene rings is 2. The number of hydrogen-bond acceptors (Lipinski definition) is 4. The molecule has 2 heterocycles. The highest BCUT2D eigenvalue weighted by Gasteiger charge is 2.40. The molecule has 3 atom stereocenters. The summed E-state index contributed by atoms with van der Waals surface area (Å²) < 4.78 is 25.6. The van der Waals surface area contributed by atoms with Crippen LogP contribution in [0.15, 0.2) is 59.9 Å². The summed E-state index contributed by atoms with van der Waals surface area (Å²) in [5.41, 5.74) is 4.99. The first-order valence-electron chi connectivity index (χ1n) is 8.90. The van der Waals surface area contributed by atoms with Crippen molar-refractivity contribution in [2.45, 2.75) is 29.9 Å².